The van der Waals surface area contributed by atoms with Crippen LogP contribution in [0.15, 0.2) is 60.7 Å². The Morgan fingerprint density at radius 1 is 1.13 bits per heavy atom. The van der Waals surface area contributed by atoms with E-state index in [4.69, 9.17) is 0 Å². The van der Waals surface area contributed by atoms with Gasteiger partial charge in [-0.15, -0.1) is 0 Å². The summed E-state index contributed by atoms with van der Waals surface area (Å²) < 4.78 is 0. The van der Waals surface area contributed by atoms with Crippen LogP contribution in [0.2, 0.25) is 0 Å². The minimum Gasteiger partial charge on any atom is -0.289 e. The second-order valence-electron chi connectivity index (χ2n) is 3.51. The lowest BCUT2D eigenvalue weighted by Gasteiger charge is -2.17. The Morgan fingerprint density at radius 3 is 2.53 bits per heavy atom. The van der Waals surface area contributed by atoms with Gasteiger partial charge in [-0.2, -0.15) is 0 Å². The van der Waals surface area contributed by atoms with Crippen molar-refractivity contribution >= 4 is 5.78 Å². The van der Waals surface area contributed by atoms with E-state index in [-0.39, 0.29) is 5.78 Å². The van der Waals surface area contributed by atoms with Gasteiger partial charge in [-0.1, -0.05) is 49.6 Å². The molecule has 0 saturated heterocycles. The van der Waals surface area contributed by atoms with Crippen molar-refractivity contribution in [2.75, 3.05) is 0 Å². The van der Waals surface area contributed by atoms with Gasteiger partial charge in [-0.3, -0.25) is 4.79 Å². The molecule has 0 bridgehead atoms. The first-order valence-corrected chi connectivity index (χ1v) is 4.88. The third kappa shape index (κ3) is 1.46. The zero-order chi connectivity index (χ0) is 10.8. The fourth-order valence-electron chi connectivity index (χ4n) is 1.89. The summed E-state index contributed by atoms with van der Waals surface area (Å²) in [6.07, 6.45) is 4.13. The number of rotatable bonds is 2. The zero-order valence-electron chi connectivity index (χ0n) is 8.49. The second-order valence-corrected chi connectivity index (χ2v) is 3.51. The summed E-state index contributed by atoms with van der Waals surface area (Å²) in [7, 11) is 0. The van der Waals surface area contributed by atoms with Crippen LogP contribution in [0.1, 0.15) is 15.9 Å². The van der Waals surface area contributed by atoms with E-state index in [2.05, 4.69) is 13.2 Å². The van der Waals surface area contributed by atoms with Crippen molar-refractivity contribution in [3.05, 3.63) is 71.8 Å². The van der Waals surface area contributed by atoms with Crippen molar-refractivity contribution < 1.29 is 4.79 Å². The number of allylic oxidation sites excluding steroid dienone is 4. The Labute approximate surface area is 89.4 Å². The van der Waals surface area contributed by atoms with Gasteiger partial charge >= 0.3 is 0 Å². The maximum absolute atomic E-state index is 12.0. The molecule has 0 unspecified atom stereocenters. The molecule has 0 aromatic heterocycles. The van der Waals surface area contributed by atoms with Crippen molar-refractivity contribution in [3.8, 4) is 0 Å². The van der Waals surface area contributed by atoms with E-state index < -0.39 is 0 Å². The number of carbonyl (C=O) groups excluding carboxylic acids is 1. The number of benzene rings is 1. The van der Waals surface area contributed by atoms with Crippen LogP contribution in [0.3, 0.4) is 0 Å². The molecule has 0 amide bonds. The summed E-state index contributed by atoms with van der Waals surface area (Å²) in [5.74, 6) is 0.0572. The molecular weight excluding hydrogens is 184 g/mol. The molecule has 1 aliphatic rings. The van der Waals surface area contributed by atoms with E-state index in [1.54, 1.807) is 12.2 Å². The third-order valence-electron chi connectivity index (χ3n) is 2.68. The summed E-state index contributed by atoms with van der Waals surface area (Å²) in [6, 6.07) is 7.68. The molecule has 0 heterocycles. The van der Waals surface area contributed by atoms with Crippen molar-refractivity contribution in [2.24, 2.45) is 0 Å². The van der Waals surface area contributed by atoms with Gasteiger partial charge in [0, 0.05) is 11.1 Å². The molecule has 1 aromatic rings. The predicted octanol–water partition coefficient (Wildman–Crippen LogP) is 3.09. The van der Waals surface area contributed by atoms with Crippen LogP contribution >= 0.6 is 0 Å². The van der Waals surface area contributed by atoms with Crippen molar-refractivity contribution in [3.63, 3.8) is 0 Å². The van der Waals surface area contributed by atoms with Crippen LogP contribution < -0.4 is 0 Å². The maximum atomic E-state index is 12.0. The highest BCUT2D eigenvalue weighted by Crippen LogP contribution is 2.26. The minimum absolute atomic E-state index is 0.0572. The molecule has 0 saturated carbocycles. The molecule has 15 heavy (non-hydrogen) atoms. The van der Waals surface area contributed by atoms with Crippen LogP contribution in [0.4, 0.5) is 0 Å². The number of fused-ring (bicyclic) bond motifs is 1. The Balaban J connectivity index is 2.61. The molecule has 0 spiro atoms. The molecule has 74 valence electrons. The van der Waals surface area contributed by atoms with Gasteiger partial charge < -0.3 is 0 Å². The summed E-state index contributed by atoms with van der Waals surface area (Å²) in [6.45, 7) is 7.41. The van der Waals surface area contributed by atoms with Gasteiger partial charge in [0.25, 0.3) is 0 Å². The highest BCUT2D eigenvalue weighted by Gasteiger charge is 2.21. The van der Waals surface area contributed by atoms with Gasteiger partial charge in [0.2, 0.25) is 0 Å². The Morgan fingerprint density at radius 2 is 1.87 bits per heavy atom. The number of Topliss-reactive ketones (excluding diaryl/α,β-unsaturated/α-hetero) is 1. The Kier molecular flexibility index (Phi) is 2.38. The average Bonchev–Trinajstić information content (AvgIpc) is 2.29. The minimum atomic E-state index is 0.0572. The normalized spacial score (nSPS) is 14.8. The number of hydrogen-bond donors (Lipinski definition) is 0. The quantitative estimate of drug-likeness (QED) is 0.710. The summed E-state index contributed by atoms with van der Waals surface area (Å²) in [5.41, 5.74) is 3.51. The first kappa shape index (κ1) is 9.66. The number of hydrogen-bond acceptors (Lipinski definition) is 1. The lowest BCUT2D eigenvalue weighted by Crippen LogP contribution is -2.14. The van der Waals surface area contributed by atoms with Gasteiger partial charge in [0.1, 0.15) is 0 Å². The topological polar surface area (TPSA) is 17.1 Å². The SMILES string of the molecule is C=CC1=C(C=C)C(=O)c2ccccc2C1. The smallest absolute Gasteiger partial charge is 0.193 e. The summed E-state index contributed by atoms with van der Waals surface area (Å²) >= 11 is 0. The molecule has 1 nitrogen and oxygen atoms in total. The van der Waals surface area contributed by atoms with E-state index in [1.807, 2.05) is 24.3 Å². The van der Waals surface area contributed by atoms with E-state index in [0.29, 0.717) is 5.57 Å². The number of ketones is 1. The monoisotopic (exact) mass is 196 g/mol. The Bertz CT molecular complexity index is 478. The van der Waals surface area contributed by atoms with Crippen LogP contribution in [0, 0.1) is 0 Å². The fraction of sp³-hybridized carbons (Fsp3) is 0.0714. The second kappa shape index (κ2) is 3.70. The first-order valence-electron chi connectivity index (χ1n) is 4.88. The van der Waals surface area contributed by atoms with Crippen molar-refractivity contribution in [2.45, 2.75) is 6.42 Å². The van der Waals surface area contributed by atoms with Crippen LogP contribution in [-0.2, 0) is 6.42 Å². The number of carbonyl (C=O) groups is 1. The molecular formula is C14H12O. The predicted molar refractivity (Wildman–Crippen MR) is 61.9 cm³/mol. The average molecular weight is 196 g/mol. The molecule has 1 aliphatic carbocycles. The zero-order valence-corrected chi connectivity index (χ0v) is 8.49. The lowest BCUT2D eigenvalue weighted by molar-refractivity contribution is 0.103. The van der Waals surface area contributed by atoms with E-state index in [9.17, 15) is 4.79 Å². The summed E-state index contributed by atoms with van der Waals surface area (Å²) in [5, 5.41) is 0. The van der Waals surface area contributed by atoms with Crippen molar-refractivity contribution in [1.29, 1.82) is 0 Å². The van der Waals surface area contributed by atoms with Crippen LogP contribution in [0.5, 0.6) is 0 Å². The van der Waals surface area contributed by atoms with Gasteiger partial charge in [0.15, 0.2) is 5.78 Å². The third-order valence-corrected chi connectivity index (χ3v) is 2.68. The van der Waals surface area contributed by atoms with Crippen LogP contribution in [0.25, 0.3) is 0 Å². The molecule has 0 radical (unpaired) electrons. The highest BCUT2D eigenvalue weighted by molar-refractivity contribution is 6.13. The molecule has 0 fully saturated rings. The molecule has 1 heteroatoms. The molecule has 2 rings (SSSR count). The van der Waals surface area contributed by atoms with Crippen molar-refractivity contribution in [1.82, 2.24) is 0 Å². The fourth-order valence-corrected chi connectivity index (χ4v) is 1.89. The molecule has 0 aliphatic heterocycles. The molecule has 0 atom stereocenters. The molecule has 1 aromatic carbocycles. The Hall–Kier alpha value is -1.89. The van der Waals surface area contributed by atoms with E-state index in [0.717, 1.165) is 23.1 Å². The standard InChI is InChI=1S/C14H12O/c1-3-10-9-11-7-5-6-8-13(11)14(15)12(10)4-2/h3-8H,1-2,9H2. The van der Waals surface area contributed by atoms with Crippen LogP contribution in [-0.4, -0.2) is 5.78 Å². The molecule has 0 N–H and O–H groups in total. The van der Waals surface area contributed by atoms with Gasteiger partial charge in [-0.05, 0) is 17.6 Å². The maximum Gasteiger partial charge on any atom is 0.193 e. The first-order chi connectivity index (χ1) is 7.27. The van der Waals surface area contributed by atoms with E-state index >= 15 is 0 Å². The van der Waals surface area contributed by atoms with E-state index in [1.165, 1.54) is 0 Å². The lowest BCUT2D eigenvalue weighted by atomic mass is 9.85. The largest absolute Gasteiger partial charge is 0.289 e. The summed E-state index contributed by atoms with van der Waals surface area (Å²) in [4.78, 5) is 12.0. The highest BCUT2D eigenvalue weighted by atomic mass is 16.1. The van der Waals surface area contributed by atoms with Gasteiger partial charge in [-0.25, -0.2) is 0 Å². The van der Waals surface area contributed by atoms with Gasteiger partial charge in [0.05, 0.1) is 0 Å².